The molecule has 1 atom stereocenters. The van der Waals surface area contributed by atoms with E-state index in [4.69, 9.17) is 13.9 Å². The molecule has 116 valence electrons. The molecule has 0 spiro atoms. The molecule has 0 radical (unpaired) electrons. The summed E-state index contributed by atoms with van der Waals surface area (Å²) in [6.07, 6.45) is 1.63. The molecule has 1 fully saturated rings. The molecule has 1 aromatic carbocycles. The van der Waals surface area contributed by atoms with E-state index >= 15 is 0 Å². The van der Waals surface area contributed by atoms with Crippen molar-refractivity contribution in [1.29, 1.82) is 0 Å². The molecule has 0 bridgehead atoms. The Bertz CT molecular complexity index is 634. The number of thioether (sulfide) groups is 1. The van der Waals surface area contributed by atoms with E-state index in [9.17, 15) is 4.79 Å². The van der Waals surface area contributed by atoms with Gasteiger partial charge >= 0.3 is 0 Å². The highest BCUT2D eigenvalue weighted by atomic mass is 32.2. The van der Waals surface area contributed by atoms with E-state index in [0.29, 0.717) is 23.6 Å². The number of hydrogen-bond acceptors (Lipinski definition) is 5. The number of furan rings is 1. The number of amides is 1. The molecule has 0 N–H and O–H groups in total. The first-order valence-corrected chi connectivity index (χ1v) is 7.97. The highest BCUT2D eigenvalue weighted by Crippen LogP contribution is 2.39. The summed E-state index contributed by atoms with van der Waals surface area (Å²) < 4.78 is 15.9. The molecule has 1 saturated heterocycles. The number of rotatable bonds is 4. The lowest BCUT2D eigenvalue weighted by molar-refractivity contribution is 0.0748. The molecule has 22 heavy (non-hydrogen) atoms. The van der Waals surface area contributed by atoms with Crippen LogP contribution in [0.4, 0.5) is 0 Å². The Labute approximate surface area is 133 Å². The van der Waals surface area contributed by atoms with Crippen molar-refractivity contribution in [2.24, 2.45) is 0 Å². The van der Waals surface area contributed by atoms with E-state index in [-0.39, 0.29) is 11.3 Å². The Balaban J connectivity index is 1.90. The van der Waals surface area contributed by atoms with Crippen molar-refractivity contribution in [1.82, 2.24) is 4.90 Å². The second-order valence-corrected chi connectivity index (χ2v) is 6.03. The topological polar surface area (TPSA) is 51.9 Å². The Hall–Kier alpha value is -2.08. The summed E-state index contributed by atoms with van der Waals surface area (Å²) >= 11 is 1.70. The summed E-state index contributed by atoms with van der Waals surface area (Å²) in [7, 11) is 3.14. The van der Waals surface area contributed by atoms with Crippen molar-refractivity contribution >= 4 is 17.7 Å². The Morgan fingerprint density at radius 3 is 2.59 bits per heavy atom. The van der Waals surface area contributed by atoms with Crippen LogP contribution in [-0.4, -0.2) is 37.3 Å². The minimum atomic E-state index is -0.0836. The number of hydrogen-bond donors (Lipinski definition) is 0. The van der Waals surface area contributed by atoms with Gasteiger partial charge in [0, 0.05) is 23.9 Å². The van der Waals surface area contributed by atoms with Crippen molar-refractivity contribution in [3.63, 3.8) is 0 Å². The second-order valence-electron chi connectivity index (χ2n) is 4.84. The maximum absolute atomic E-state index is 12.8. The summed E-state index contributed by atoms with van der Waals surface area (Å²) in [5, 5.41) is -0.0836. The smallest absolute Gasteiger partial charge is 0.255 e. The zero-order valence-electron chi connectivity index (χ0n) is 12.4. The van der Waals surface area contributed by atoms with E-state index < -0.39 is 0 Å². The molecule has 6 heteroatoms. The van der Waals surface area contributed by atoms with Crippen LogP contribution in [0.15, 0.2) is 41.0 Å². The largest absolute Gasteiger partial charge is 0.497 e. The molecular weight excluding hydrogens is 302 g/mol. The van der Waals surface area contributed by atoms with Crippen LogP contribution >= 0.6 is 11.8 Å². The molecule has 3 rings (SSSR count). The van der Waals surface area contributed by atoms with Crippen LogP contribution in [0.3, 0.4) is 0 Å². The maximum Gasteiger partial charge on any atom is 0.255 e. The lowest BCUT2D eigenvalue weighted by Gasteiger charge is -2.22. The van der Waals surface area contributed by atoms with Crippen LogP contribution in [0.25, 0.3) is 0 Å². The number of methoxy groups -OCH3 is 2. The maximum atomic E-state index is 12.8. The lowest BCUT2D eigenvalue weighted by Crippen LogP contribution is -2.30. The predicted molar refractivity (Wildman–Crippen MR) is 84.5 cm³/mol. The minimum Gasteiger partial charge on any atom is -0.497 e. The monoisotopic (exact) mass is 319 g/mol. The summed E-state index contributed by atoms with van der Waals surface area (Å²) in [6.45, 7) is 0.689. The highest BCUT2D eigenvalue weighted by Gasteiger charge is 2.33. The van der Waals surface area contributed by atoms with Crippen molar-refractivity contribution < 1.29 is 18.7 Å². The van der Waals surface area contributed by atoms with Gasteiger partial charge in [-0.25, -0.2) is 0 Å². The molecule has 5 nitrogen and oxygen atoms in total. The van der Waals surface area contributed by atoms with Crippen LogP contribution in [0, 0.1) is 0 Å². The average molecular weight is 319 g/mol. The third-order valence-electron chi connectivity index (χ3n) is 3.54. The van der Waals surface area contributed by atoms with Crippen molar-refractivity contribution in [3.8, 4) is 11.5 Å². The molecular formula is C16H17NO4S. The quantitative estimate of drug-likeness (QED) is 0.866. The van der Waals surface area contributed by atoms with Gasteiger partial charge in [0.05, 0.1) is 20.5 Å². The molecule has 1 aliphatic heterocycles. The Kier molecular flexibility index (Phi) is 4.29. The molecule has 0 aliphatic carbocycles. The summed E-state index contributed by atoms with van der Waals surface area (Å²) in [4.78, 5) is 14.7. The van der Waals surface area contributed by atoms with Crippen LogP contribution in [0.1, 0.15) is 21.5 Å². The third-order valence-corrected chi connectivity index (χ3v) is 4.76. The second kappa shape index (κ2) is 6.36. The van der Waals surface area contributed by atoms with Crippen LogP contribution in [-0.2, 0) is 0 Å². The van der Waals surface area contributed by atoms with Gasteiger partial charge in [0.2, 0.25) is 0 Å². The first-order chi connectivity index (χ1) is 10.7. The highest BCUT2D eigenvalue weighted by molar-refractivity contribution is 7.99. The van der Waals surface area contributed by atoms with Crippen molar-refractivity contribution in [2.75, 3.05) is 26.5 Å². The van der Waals surface area contributed by atoms with Gasteiger partial charge in [-0.1, -0.05) is 0 Å². The van der Waals surface area contributed by atoms with Gasteiger partial charge in [-0.3, -0.25) is 4.79 Å². The molecule has 1 aromatic heterocycles. The van der Waals surface area contributed by atoms with Crippen LogP contribution in [0.2, 0.25) is 0 Å². The van der Waals surface area contributed by atoms with Crippen LogP contribution in [0.5, 0.6) is 11.5 Å². The van der Waals surface area contributed by atoms with E-state index in [2.05, 4.69) is 0 Å². The predicted octanol–water partition coefficient (Wildman–Crippen LogP) is 3.18. The third kappa shape index (κ3) is 2.78. The van der Waals surface area contributed by atoms with Gasteiger partial charge in [0.25, 0.3) is 5.91 Å². The number of benzene rings is 1. The zero-order valence-corrected chi connectivity index (χ0v) is 13.3. The molecule has 0 saturated carbocycles. The van der Waals surface area contributed by atoms with Gasteiger partial charge < -0.3 is 18.8 Å². The molecule has 1 amide bonds. The summed E-state index contributed by atoms with van der Waals surface area (Å²) in [5.41, 5.74) is 0.551. The van der Waals surface area contributed by atoms with Gasteiger partial charge in [-0.15, -0.1) is 11.8 Å². The molecule has 0 unspecified atom stereocenters. The molecule has 2 heterocycles. The van der Waals surface area contributed by atoms with Crippen molar-refractivity contribution in [2.45, 2.75) is 5.37 Å². The number of carbonyl (C=O) groups excluding carboxylic acids is 1. The minimum absolute atomic E-state index is 0.0522. The van der Waals surface area contributed by atoms with Crippen molar-refractivity contribution in [3.05, 3.63) is 47.9 Å². The molecule has 2 aromatic rings. The Morgan fingerprint density at radius 1 is 1.27 bits per heavy atom. The number of carbonyl (C=O) groups is 1. The standard InChI is InChI=1S/C16H17NO4S/c1-19-12-8-11(9-13(10-12)20-2)15(18)17-5-7-22-16(17)14-4-3-6-21-14/h3-4,6,8-10,16H,5,7H2,1-2H3/t16-/m1/s1. The fourth-order valence-corrected chi connectivity index (χ4v) is 3.65. The first kappa shape index (κ1) is 14.8. The zero-order chi connectivity index (χ0) is 15.5. The summed E-state index contributed by atoms with van der Waals surface area (Å²) in [5.74, 6) is 2.83. The first-order valence-electron chi connectivity index (χ1n) is 6.92. The van der Waals surface area contributed by atoms with Gasteiger partial charge in [-0.2, -0.15) is 0 Å². The summed E-state index contributed by atoms with van der Waals surface area (Å²) in [6, 6.07) is 8.94. The van der Waals surface area contributed by atoms with Gasteiger partial charge in [0.15, 0.2) is 0 Å². The Morgan fingerprint density at radius 2 is 2.00 bits per heavy atom. The fourth-order valence-electron chi connectivity index (χ4n) is 2.44. The van der Waals surface area contributed by atoms with Crippen LogP contribution < -0.4 is 9.47 Å². The van der Waals surface area contributed by atoms with Gasteiger partial charge in [0.1, 0.15) is 22.6 Å². The fraction of sp³-hybridized carbons (Fsp3) is 0.312. The average Bonchev–Trinajstić information content (AvgIpc) is 3.23. The normalized spacial score (nSPS) is 17.5. The molecule has 1 aliphatic rings. The number of nitrogens with zero attached hydrogens (tertiary/aromatic N) is 1. The lowest BCUT2D eigenvalue weighted by atomic mass is 10.1. The SMILES string of the molecule is COc1cc(OC)cc(C(=O)N2CCS[C@@H]2c2ccco2)c1. The van der Waals surface area contributed by atoms with E-state index in [1.807, 2.05) is 17.0 Å². The number of ether oxygens (including phenoxy) is 2. The van der Waals surface area contributed by atoms with E-state index in [1.165, 1.54) is 0 Å². The van der Waals surface area contributed by atoms with Gasteiger partial charge in [-0.05, 0) is 24.3 Å². The van der Waals surface area contributed by atoms with E-state index in [0.717, 1.165) is 11.5 Å². The van der Waals surface area contributed by atoms with E-state index in [1.54, 1.807) is 50.4 Å².